The number of benzene rings is 11. The minimum Gasteiger partial charge on any atom is -0.310 e. The third-order valence-corrected chi connectivity index (χ3v) is 20.6. The molecule has 0 unspecified atom stereocenters. The quantitative estimate of drug-likeness (QED) is 0.123. The van der Waals surface area contributed by atoms with Gasteiger partial charge in [0.2, 0.25) is 0 Å². The van der Waals surface area contributed by atoms with Crippen molar-refractivity contribution in [3.63, 3.8) is 0 Å². The SMILES string of the molecule is CCC(C)(C)c1ccc(N(c2ccc(-c3ccc4c(c3)C(C)(C)c3cc(C(C)(C)CC)ccc3-4)cc2)c2ccc3c(c2)C(C)(C)c2cc(-c4c5ccccc5c(-c5ccc6c(c5)C(C)(C)c5ccccc5-6)c5ccccc45)ccc2-3)cc1. The molecular formula is C81H75N. The van der Waals surface area contributed by atoms with Crippen LogP contribution >= 0.6 is 0 Å². The van der Waals surface area contributed by atoms with Crippen molar-refractivity contribution < 1.29 is 0 Å². The Morgan fingerprint density at radius 2 is 0.622 bits per heavy atom. The van der Waals surface area contributed by atoms with Crippen LogP contribution < -0.4 is 4.90 Å². The molecular weight excluding hydrogens is 987 g/mol. The van der Waals surface area contributed by atoms with Gasteiger partial charge in [0.25, 0.3) is 0 Å². The summed E-state index contributed by atoms with van der Waals surface area (Å²) in [7, 11) is 0. The minimum absolute atomic E-state index is 0.0845. The van der Waals surface area contributed by atoms with Gasteiger partial charge in [0.05, 0.1) is 0 Å². The van der Waals surface area contributed by atoms with E-state index in [0.29, 0.717) is 0 Å². The average molecular weight is 1060 g/mol. The second-order valence-corrected chi connectivity index (χ2v) is 26.9. The number of hydrogen-bond acceptors (Lipinski definition) is 1. The Bertz CT molecular complexity index is 4360. The van der Waals surface area contributed by atoms with Crippen LogP contribution in [0.25, 0.3) is 88.3 Å². The summed E-state index contributed by atoms with van der Waals surface area (Å²) in [5.41, 5.74) is 30.0. The van der Waals surface area contributed by atoms with Gasteiger partial charge in [-0.05, 0) is 211 Å². The monoisotopic (exact) mass is 1060 g/mol. The molecule has 404 valence electrons. The van der Waals surface area contributed by atoms with Crippen molar-refractivity contribution in [2.24, 2.45) is 0 Å². The van der Waals surface area contributed by atoms with Gasteiger partial charge in [0, 0.05) is 33.3 Å². The van der Waals surface area contributed by atoms with Crippen LogP contribution in [-0.4, -0.2) is 0 Å². The van der Waals surface area contributed by atoms with Crippen LogP contribution in [0.4, 0.5) is 17.1 Å². The maximum absolute atomic E-state index is 2.52. The molecule has 0 bridgehead atoms. The second kappa shape index (κ2) is 18.4. The predicted molar refractivity (Wildman–Crippen MR) is 352 cm³/mol. The van der Waals surface area contributed by atoms with Gasteiger partial charge < -0.3 is 4.90 Å². The Labute approximate surface area is 487 Å². The van der Waals surface area contributed by atoms with Crippen LogP contribution in [0.5, 0.6) is 0 Å². The smallest absolute Gasteiger partial charge is 0.0465 e. The first-order valence-electron chi connectivity index (χ1n) is 30.1. The van der Waals surface area contributed by atoms with Gasteiger partial charge in [0.1, 0.15) is 0 Å². The van der Waals surface area contributed by atoms with E-state index < -0.39 is 0 Å². The van der Waals surface area contributed by atoms with Crippen molar-refractivity contribution in [2.75, 3.05) is 4.90 Å². The molecule has 1 heteroatoms. The molecule has 0 radical (unpaired) electrons. The van der Waals surface area contributed by atoms with Crippen LogP contribution in [0.2, 0.25) is 0 Å². The zero-order valence-corrected chi connectivity index (χ0v) is 50.1. The van der Waals surface area contributed by atoms with E-state index in [1.165, 1.54) is 133 Å². The molecule has 82 heavy (non-hydrogen) atoms. The molecule has 0 spiro atoms. The molecule has 3 aliphatic carbocycles. The minimum atomic E-state index is -0.268. The Morgan fingerprint density at radius 1 is 0.293 bits per heavy atom. The number of anilines is 3. The van der Waals surface area contributed by atoms with E-state index in [9.17, 15) is 0 Å². The zero-order chi connectivity index (χ0) is 56.8. The molecule has 11 aromatic carbocycles. The molecule has 11 aromatic rings. The molecule has 0 fully saturated rings. The third-order valence-electron chi connectivity index (χ3n) is 20.6. The standard InChI is InChI=1S/C81H75N/c1-13-77(3,4)54-32-37-57(38-33-54)82(56-35-27-50(28-36-56)51-29-40-61-63-43-34-55(78(5,6)14-2)48-73(63)80(9,10)70(61)45-51)58-39-44-64-62-42-31-53(47-72(62)81(11,12)74(64)49-58)76-67-24-17-15-22-65(67)75(66-23-16-18-25-68(66)76)52-30-41-60-59-21-19-20-26-69(59)79(7,8)71(60)46-52/h15-49H,13-14H2,1-12H3. The summed E-state index contributed by atoms with van der Waals surface area (Å²) in [4.78, 5) is 2.47. The van der Waals surface area contributed by atoms with E-state index >= 15 is 0 Å². The predicted octanol–water partition coefficient (Wildman–Crippen LogP) is 22.8. The molecule has 0 amide bonds. The van der Waals surface area contributed by atoms with Crippen LogP contribution in [0.1, 0.15) is 140 Å². The Morgan fingerprint density at radius 3 is 1.12 bits per heavy atom. The highest BCUT2D eigenvalue weighted by atomic mass is 15.1. The first-order valence-corrected chi connectivity index (χ1v) is 30.1. The Balaban J connectivity index is 0.837. The van der Waals surface area contributed by atoms with Crippen LogP contribution in [-0.2, 0) is 27.1 Å². The van der Waals surface area contributed by atoms with Crippen molar-refractivity contribution in [1.29, 1.82) is 0 Å². The van der Waals surface area contributed by atoms with Gasteiger partial charge in [-0.25, -0.2) is 0 Å². The number of fused-ring (bicyclic) bond motifs is 11. The molecule has 0 heterocycles. The fraction of sp³-hybridized carbons (Fsp3) is 0.235. The fourth-order valence-corrected chi connectivity index (χ4v) is 14.7. The van der Waals surface area contributed by atoms with Gasteiger partial charge in [0.15, 0.2) is 0 Å². The number of nitrogens with zero attached hydrogens (tertiary/aromatic N) is 1. The summed E-state index contributed by atoms with van der Waals surface area (Å²) in [5, 5.41) is 5.12. The molecule has 1 nitrogen and oxygen atoms in total. The molecule has 14 rings (SSSR count). The molecule has 0 aromatic heterocycles. The highest BCUT2D eigenvalue weighted by molar-refractivity contribution is 6.21. The molecule has 3 aliphatic rings. The zero-order valence-electron chi connectivity index (χ0n) is 50.1. The van der Waals surface area contributed by atoms with Crippen molar-refractivity contribution in [3.05, 3.63) is 257 Å². The van der Waals surface area contributed by atoms with E-state index in [2.05, 4.69) is 300 Å². The Hall–Kier alpha value is -8.26. The van der Waals surface area contributed by atoms with Gasteiger partial charge in [-0.1, -0.05) is 241 Å². The first-order chi connectivity index (χ1) is 39.3. The second-order valence-electron chi connectivity index (χ2n) is 26.9. The third kappa shape index (κ3) is 7.71. The lowest BCUT2D eigenvalue weighted by Crippen LogP contribution is -2.19. The van der Waals surface area contributed by atoms with Gasteiger partial charge in [-0.15, -0.1) is 0 Å². The fourth-order valence-electron chi connectivity index (χ4n) is 14.7. The van der Waals surface area contributed by atoms with E-state index in [1.54, 1.807) is 0 Å². The molecule has 0 saturated heterocycles. The summed E-state index contributed by atoms with van der Waals surface area (Å²) in [6, 6.07) is 82.0. The van der Waals surface area contributed by atoms with Crippen LogP contribution in [0.3, 0.4) is 0 Å². The lowest BCUT2D eigenvalue weighted by atomic mass is 9.77. The maximum atomic E-state index is 2.52. The van der Waals surface area contributed by atoms with Crippen molar-refractivity contribution in [3.8, 4) is 66.8 Å². The van der Waals surface area contributed by atoms with Crippen LogP contribution in [0.15, 0.2) is 212 Å². The lowest BCUT2D eigenvalue weighted by Gasteiger charge is -2.29. The molecule has 0 aliphatic heterocycles. The molecule has 0 atom stereocenters. The van der Waals surface area contributed by atoms with Crippen molar-refractivity contribution >= 4 is 38.6 Å². The number of hydrogen-bond donors (Lipinski definition) is 0. The lowest BCUT2D eigenvalue weighted by molar-refractivity contribution is 0.504. The topological polar surface area (TPSA) is 3.24 Å². The summed E-state index contributed by atoms with van der Waals surface area (Å²) >= 11 is 0. The van der Waals surface area contributed by atoms with Gasteiger partial charge in [-0.3, -0.25) is 0 Å². The highest BCUT2D eigenvalue weighted by Gasteiger charge is 2.40. The van der Waals surface area contributed by atoms with Crippen molar-refractivity contribution in [2.45, 2.75) is 123 Å². The maximum Gasteiger partial charge on any atom is 0.0465 e. The summed E-state index contributed by atoms with van der Waals surface area (Å²) in [6.45, 7) is 28.5. The van der Waals surface area contributed by atoms with Gasteiger partial charge >= 0.3 is 0 Å². The summed E-state index contributed by atoms with van der Waals surface area (Å²) in [6.07, 6.45) is 2.18. The van der Waals surface area contributed by atoms with E-state index in [-0.39, 0.29) is 27.1 Å². The van der Waals surface area contributed by atoms with Crippen LogP contribution in [0, 0.1) is 0 Å². The summed E-state index contributed by atoms with van der Waals surface area (Å²) < 4.78 is 0. The van der Waals surface area contributed by atoms with E-state index in [1.807, 2.05) is 0 Å². The molecule has 0 saturated carbocycles. The number of rotatable bonds is 10. The Kier molecular flexibility index (Phi) is 11.6. The van der Waals surface area contributed by atoms with Crippen molar-refractivity contribution in [1.82, 2.24) is 0 Å². The van der Waals surface area contributed by atoms with E-state index in [4.69, 9.17) is 0 Å². The normalized spacial score (nSPS) is 15.0. The average Bonchev–Trinajstić information content (AvgIpc) is 2.13. The van der Waals surface area contributed by atoms with Gasteiger partial charge in [-0.2, -0.15) is 0 Å². The largest absolute Gasteiger partial charge is 0.310 e. The van der Waals surface area contributed by atoms with E-state index in [0.717, 1.165) is 29.9 Å². The first kappa shape index (κ1) is 51.9. The molecule has 0 N–H and O–H groups in total. The highest BCUT2D eigenvalue weighted by Crippen LogP contribution is 2.56. The summed E-state index contributed by atoms with van der Waals surface area (Å²) in [5.74, 6) is 0.